The fraction of sp³-hybridized carbons (Fsp3) is 0.429. The van der Waals surface area contributed by atoms with Crippen LogP contribution in [0.25, 0.3) is 11.1 Å². The minimum atomic E-state index is -1.08. The van der Waals surface area contributed by atoms with Crippen molar-refractivity contribution in [3.05, 3.63) is 59.7 Å². The molecular weight excluding hydrogens is 474 g/mol. The quantitative estimate of drug-likeness (QED) is 0.140. The van der Waals surface area contributed by atoms with Crippen molar-refractivity contribution < 1.29 is 29.5 Å². The van der Waals surface area contributed by atoms with E-state index < -0.39 is 29.7 Å². The Balaban J connectivity index is 2.02. The number of carboxylic acids is 1. The third-order valence-corrected chi connectivity index (χ3v) is 6.10. The Morgan fingerprint density at radius 1 is 0.946 bits per heavy atom. The monoisotopic (exact) mass is 511 g/mol. The van der Waals surface area contributed by atoms with E-state index in [-0.39, 0.29) is 30.2 Å². The summed E-state index contributed by atoms with van der Waals surface area (Å²) in [5, 5.41) is 24.2. The van der Waals surface area contributed by atoms with E-state index in [9.17, 15) is 24.3 Å². The van der Waals surface area contributed by atoms with E-state index in [0.29, 0.717) is 18.5 Å². The lowest BCUT2D eigenvalue weighted by molar-refractivity contribution is -0.142. The lowest BCUT2D eigenvalue weighted by Crippen LogP contribution is -2.46. The molecular formula is C28H37N3O6. The zero-order chi connectivity index (χ0) is 27.4. The van der Waals surface area contributed by atoms with Gasteiger partial charge in [0.15, 0.2) is 5.78 Å². The summed E-state index contributed by atoms with van der Waals surface area (Å²) in [5.41, 5.74) is 4.09. The van der Waals surface area contributed by atoms with Crippen LogP contribution in [0.2, 0.25) is 0 Å². The molecule has 0 heterocycles. The molecule has 0 spiro atoms. The fourth-order valence-electron chi connectivity index (χ4n) is 4.05. The topological polar surface area (TPSA) is 145 Å². The molecule has 0 fully saturated rings. The first kappa shape index (κ1) is 29.7. The minimum absolute atomic E-state index is 0.0479. The standard InChI is InChI=1S/C28H37N3O6/c1-4-5-10-24(25(32)17-30-26(33)23(15-18(2)3)27(34)31-37)29-16-19-11-13-20(14-12-19)21-8-6-7-9-22(21)28(35)36/h6-9,11-14,18,23-24,29,37H,4-5,10,15-17H2,1-3H3,(H,30,33)(H,31,34)(H,35,36). The van der Waals surface area contributed by atoms with Crippen molar-refractivity contribution in [2.24, 2.45) is 11.8 Å². The maximum absolute atomic E-state index is 12.9. The Labute approximate surface area is 217 Å². The summed E-state index contributed by atoms with van der Waals surface area (Å²) >= 11 is 0. The molecule has 0 saturated heterocycles. The van der Waals surface area contributed by atoms with Crippen LogP contribution in [0, 0.1) is 11.8 Å². The van der Waals surface area contributed by atoms with Crippen LogP contribution in [-0.2, 0) is 20.9 Å². The number of Topliss-reactive ketones (excluding diaryl/α,β-unsaturated/α-hetero) is 1. The van der Waals surface area contributed by atoms with Crippen molar-refractivity contribution in [3.8, 4) is 11.1 Å². The van der Waals surface area contributed by atoms with Crippen molar-refractivity contribution in [2.45, 2.75) is 59.0 Å². The summed E-state index contributed by atoms with van der Waals surface area (Å²) in [6.07, 6.45) is 2.58. The third-order valence-electron chi connectivity index (χ3n) is 6.10. The molecule has 5 N–H and O–H groups in total. The number of amides is 2. The molecule has 2 amide bonds. The van der Waals surface area contributed by atoms with Gasteiger partial charge in [0.05, 0.1) is 18.2 Å². The Morgan fingerprint density at radius 2 is 1.62 bits per heavy atom. The summed E-state index contributed by atoms with van der Waals surface area (Å²) in [5.74, 6) is -3.61. The van der Waals surface area contributed by atoms with Crippen molar-refractivity contribution in [2.75, 3.05) is 6.54 Å². The maximum Gasteiger partial charge on any atom is 0.336 e. The lowest BCUT2D eigenvalue weighted by atomic mass is 9.95. The predicted molar refractivity (Wildman–Crippen MR) is 140 cm³/mol. The number of benzene rings is 2. The van der Waals surface area contributed by atoms with Crippen LogP contribution in [0.3, 0.4) is 0 Å². The van der Waals surface area contributed by atoms with Crippen LogP contribution >= 0.6 is 0 Å². The molecule has 0 aromatic heterocycles. The Morgan fingerprint density at radius 3 is 2.22 bits per heavy atom. The van der Waals surface area contributed by atoms with Gasteiger partial charge < -0.3 is 15.7 Å². The van der Waals surface area contributed by atoms with E-state index in [2.05, 4.69) is 10.6 Å². The first-order valence-electron chi connectivity index (χ1n) is 12.6. The van der Waals surface area contributed by atoms with E-state index in [4.69, 9.17) is 5.21 Å². The summed E-state index contributed by atoms with van der Waals surface area (Å²) < 4.78 is 0. The predicted octanol–water partition coefficient (Wildman–Crippen LogP) is 3.55. The molecule has 2 atom stereocenters. The molecule has 9 heteroatoms. The SMILES string of the molecule is CCCCC(NCc1ccc(-c2ccccc2C(=O)O)cc1)C(=O)CNC(=O)C(CC(C)C)C(=O)NO. The number of ketones is 1. The molecule has 200 valence electrons. The van der Waals surface area contributed by atoms with Crippen LogP contribution in [-0.4, -0.2) is 46.5 Å². The van der Waals surface area contributed by atoms with Crippen LogP contribution in [0.15, 0.2) is 48.5 Å². The number of unbranched alkanes of at least 4 members (excludes halogenated alkanes) is 1. The number of carbonyl (C=O) groups is 4. The number of hydrogen-bond acceptors (Lipinski definition) is 6. The zero-order valence-electron chi connectivity index (χ0n) is 21.6. The molecule has 9 nitrogen and oxygen atoms in total. The van der Waals surface area contributed by atoms with Crippen molar-refractivity contribution >= 4 is 23.6 Å². The van der Waals surface area contributed by atoms with Crippen LogP contribution in [0.5, 0.6) is 0 Å². The number of rotatable bonds is 15. The first-order chi connectivity index (χ1) is 17.7. The van der Waals surface area contributed by atoms with Gasteiger partial charge in [-0.15, -0.1) is 0 Å². The fourth-order valence-corrected chi connectivity index (χ4v) is 4.05. The number of hydroxylamine groups is 1. The molecule has 37 heavy (non-hydrogen) atoms. The van der Waals surface area contributed by atoms with E-state index in [1.54, 1.807) is 24.3 Å². The van der Waals surface area contributed by atoms with Gasteiger partial charge in [-0.3, -0.25) is 19.6 Å². The molecule has 0 aliphatic carbocycles. The Bertz CT molecular complexity index is 1070. The highest BCUT2D eigenvalue weighted by Gasteiger charge is 2.28. The van der Waals surface area contributed by atoms with Gasteiger partial charge in [-0.1, -0.05) is 76.1 Å². The maximum atomic E-state index is 12.9. The van der Waals surface area contributed by atoms with Gasteiger partial charge in [0.25, 0.3) is 5.91 Å². The summed E-state index contributed by atoms with van der Waals surface area (Å²) in [6, 6.07) is 13.8. The van der Waals surface area contributed by atoms with Crippen LogP contribution in [0.1, 0.15) is 62.4 Å². The molecule has 0 aliphatic heterocycles. The number of aromatic carboxylic acids is 1. The van der Waals surface area contributed by atoms with Gasteiger partial charge in [0.1, 0.15) is 5.92 Å². The van der Waals surface area contributed by atoms with E-state index in [1.165, 1.54) is 5.48 Å². The average Bonchev–Trinajstić information content (AvgIpc) is 2.90. The van der Waals surface area contributed by atoms with Crippen molar-refractivity contribution in [1.29, 1.82) is 0 Å². The third kappa shape index (κ3) is 9.11. The number of carbonyl (C=O) groups excluding carboxylic acids is 3. The molecule has 0 aliphatic rings. The second-order valence-electron chi connectivity index (χ2n) is 9.47. The van der Waals surface area contributed by atoms with Crippen molar-refractivity contribution in [1.82, 2.24) is 16.1 Å². The van der Waals surface area contributed by atoms with Gasteiger partial charge in [-0.2, -0.15) is 0 Å². The zero-order valence-corrected chi connectivity index (χ0v) is 21.6. The molecule has 0 bridgehead atoms. The van der Waals surface area contributed by atoms with Gasteiger partial charge >= 0.3 is 5.97 Å². The summed E-state index contributed by atoms with van der Waals surface area (Å²) in [7, 11) is 0. The number of carboxylic acid groups (broad SMARTS) is 1. The first-order valence-corrected chi connectivity index (χ1v) is 12.6. The van der Waals surface area contributed by atoms with Crippen molar-refractivity contribution in [3.63, 3.8) is 0 Å². The van der Waals surface area contributed by atoms with Gasteiger partial charge in [0, 0.05) is 6.54 Å². The molecule has 0 saturated carbocycles. The highest BCUT2D eigenvalue weighted by molar-refractivity contribution is 6.01. The second kappa shape index (κ2) is 14.9. The van der Waals surface area contributed by atoms with E-state index in [1.807, 2.05) is 45.0 Å². The smallest absolute Gasteiger partial charge is 0.336 e. The minimum Gasteiger partial charge on any atom is -0.478 e. The highest BCUT2D eigenvalue weighted by Crippen LogP contribution is 2.24. The molecule has 2 unspecified atom stereocenters. The Hall–Kier alpha value is -3.56. The normalized spacial score (nSPS) is 12.6. The van der Waals surface area contributed by atoms with Crippen LogP contribution < -0.4 is 16.1 Å². The Kier molecular flexibility index (Phi) is 11.9. The second-order valence-corrected chi connectivity index (χ2v) is 9.47. The number of nitrogens with one attached hydrogen (secondary N) is 3. The van der Waals surface area contributed by atoms with E-state index >= 15 is 0 Å². The lowest BCUT2D eigenvalue weighted by Gasteiger charge is -2.20. The summed E-state index contributed by atoms with van der Waals surface area (Å²) in [6.45, 7) is 5.94. The summed E-state index contributed by atoms with van der Waals surface area (Å²) in [4.78, 5) is 48.8. The van der Waals surface area contributed by atoms with Gasteiger partial charge in [-0.05, 0) is 41.5 Å². The average molecular weight is 512 g/mol. The van der Waals surface area contributed by atoms with Crippen LogP contribution in [0.4, 0.5) is 0 Å². The molecule has 2 aromatic rings. The largest absolute Gasteiger partial charge is 0.478 e. The van der Waals surface area contributed by atoms with Gasteiger partial charge in [0.2, 0.25) is 5.91 Å². The molecule has 2 aromatic carbocycles. The molecule has 2 rings (SSSR count). The molecule has 0 radical (unpaired) electrons. The van der Waals surface area contributed by atoms with Gasteiger partial charge in [-0.25, -0.2) is 10.3 Å². The highest BCUT2D eigenvalue weighted by atomic mass is 16.5. The number of hydrogen-bond donors (Lipinski definition) is 5. The van der Waals surface area contributed by atoms with E-state index in [0.717, 1.165) is 24.0 Å².